The first-order chi connectivity index (χ1) is 9.00. The van der Waals surface area contributed by atoms with E-state index < -0.39 is 11.8 Å². The number of hydrogen-bond acceptors (Lipinski definition) is 3. The molecular weight excluding hydrogens is 244 g/mol. The maximum atomic E-state index is 11.7. The lowest BCUT2D eigenvalue weighted by Gasteiger charge is -2.09. The smallest absolute Gasteiger partial charge is 0.332 e. The zero-order chi connectivity index (χ0) is 14.3. The van der Waals surface area contributed by atoms with E-state index in [-0.39, 0.29) is 17.9 Å². The van der Waals surface area contributed by atoms with Crippen molar-refractivity contribution in [3.05, 3.63) is 59.9 Å². The Kier molecular flexibility index (Phi) is 5.54. The average molecular weight is 260 g/mol. The van der Waals surface area contributed by atoms with E-state index in [1.165, 1.54) is 6.92 Å². The number of rotatable bonds is 7. The van der Waals surface area contributed by atoms with Crippen molar-refractivity contribution in [2.24, 2.45) is 0 Å². The molecule has 0 spiro atoms. The number of allylic oxidation sites excluding steroid dienone is 1. The normalized spacial score (nSPS) is 10.9. The van der Waals surface area contributed by atoms with Gasteiger partial charge >= 0.3 is 5.97 Å². The molecule has 0 fully saturated rings. The fraction of sp³-hybridized carbons (Fsp3) is 0.200. The first kappa shape index (κ1) is 14.7. The molecule has 0 aliphatic heterocycles. The molecule has 0 atom stereocenters. The third kappa shape index (κ3) is 5.21. The van der Waals surface area contributed by atoms with E-state index in [4.69, 9.17) is 9.84 Å². The van der Waals surface area contributed by atoms with Crippen LogP contribution in [0.5, 0.6) is 0 Å². The summed E-state index contributed by atoms with van der Waals surface area (Å²) in [4.78, 5) is 22.3. The molecule has 4 heteroatoms. The Morgan fingerprint density at radius 1 is 1.32 bits per heavy atom. The van der Waals surface area contributed by atoms with Gasteiger partial charge in [-0.3, -0.25) is 4.79 Å². The molecule has 0 unspecified atom stereocenters. The molecule has 1 aromatic rings. The standard InChI is InChI=1S/C15H16O4/c1-11(2)15(18)13(10-14(16)17)19-9-8-12-6-4-3-5-7-12/h3-7,10H,1,8-9H2,2H3,(H,16,17)/b13-10-. The summed E-state index contributed by atoms with van der Waals surface area (Å²) in [5.74, 6) is -1.89. The van der Waals surface area contributed by atoms with Crippen molar-refractivity contribution in [2.75, 3.05) is 6.61 Å². The lowest BCUT2D eigenvalue weighted by molar-refractivity contribution is -0.132. The van der Waals surface area contributed by atoms with E-state index in [1.54, 1.807) is 0 Å². The van der Waals surface area contributed by atoms with Crippen LogP contribution in [0, 0.1) is 0 Å². The van der Waals surface area contributed by atoms with Crippen LogP contribution in [0.3, 0.4) is 0 Å². The highest BCUT2D eigenvalue weighted by Gasteiger charge is 2.13. The lowest BCUT2D eigenvalue weighted by atomic mass is 10.1. The van der Waals surface area contributed by atoms with Gasteiger partial charge in [-0.1, -0.05) is 36.9 Å². The minimum absolute atomic E-state index is 0.184. The maximum Gasteiger partial charge on any atom is 0.332 e. The van der Waals surface area contributed by atoms with Gasteiger partial charge in [-0.15, -0.1) is 0 Å². The Morgan fingerprint density at radius 3 is 2.47 bits per heavy atom. The predicted molar refractivity (Wildman–Crippen MR) is 71.6 cm³/mol. The summed E-state index contributed by atoms with van der Waals surface area (Å²) in [6.07, 6.45) is 1.36. The van der Waals surface area contributed by atoms with Gasteiger partial charge in [-0.25, -0.2) is 4.79 Å². The van der Waals surface area contributed by atoms with Crippen molar-refractivity contribution in [1.82, 2.24) is 0 Å². The van der Waals surface area contributed by atoms with Gasteiger partial charge in [0.05, 0.1) is 12.7 Å². The number of aliphatic carboxylic acids is 1. The molecule has 0 saturated heterocycles. The minimum Gasteiger partial charge on any atom is -0.489 e. The molecule has 100 valence electrons. The SMILES string of the molecule is C=C(C)C(=O)/C(=C/C(=O)O)OCCc1ccccc1. The molecule has 0 aliphatic carbocycles. The summed E-state index contributed by atoms with van der Waals surface area (Å²) in [5, 5.41) is 8.69. The van der Waals surface area contributed by atoms with Gasteiger partial charge < -0.3 is 9.84 Å². The molecule has 1 aromatic carbocycles. The summed E-state index contributed by atoms with van der Waals surface area (Å²) in [7, 11) is 0. The maximum absolute atomic E-state index is 11.7. The number of Topliss-reactive ketones (excluding diaryl/α,β-unsaturated/α-hetero) is 1. The van der Waals surface area contributed by atoms with E-state index in [2.05, 4.69) is 6.58 Å². The molecule has 19 heavy (non-hydrogen) atoms. The predicted octanol–water partition coefficient (Wildman–Crippen LogP) is 2.36. The number of carboxylic acids is 1. The quantitative estimate of drug-likeness (QED) is 0.604. The topological polar surface area (TPSA) is 63.6 Å². The summed E-state index contributed by atoms with van der Waals surface area (Å²) >= 11 is 0. The van der Waals surface area contributed by atoms with Crippen molar-refractivity contribution in [2.45, 2.75) is 13.3 Å². The van der Waals surface area contributed by atoms with Gasteiger partial charge in [0.25, 0.3) is 0 Å². The molecule has 0 aromatic heterocycles. The summed E-state index contributed by atoms with van der Waals surface area (Å²) in [5.41, 5.74) is 1.30. The third-order valence-electron chi connectivity index (χ3n) is 2.36. The van der Waals surface area contributed by atoms with Gasteiger partial charge in [0.1, 0.15) is 0 Å². The molecule has 0 aliphatic rings. The second kappa shape index (κ2) is 7.16. The number of carbonyl (C=O) groups excluding carboxylic acids is 1. The largest absolute Gasteiger partial charge is 0.489 e. The molecule has 1 rings (SSSR count). The van der Waals surface area contributed by atoms with Crippen LogP contribution in [-0.4, -0.2) is 23.5 Å². The van der Waals surface area contributed by atoms with Crippen LogP contribution in [0.25, 0.3) is 0 Å². The van der Waals surface area contributed by atoms with Crippen LogP contribution in [-0.2, 0) is 20.7 Å². The first-order valence-corrected chi connectivity index (χ1v) is 5.82. The second-order valence-electron chi connectivity index (χ2n) is 4.04. The fourth-order valence-corrected chi connectivity index (χ4v) is 1.42. The number of carboxylic acid groups (broad SMARTS) is 1. The zero-order valence-electron chi connectivity index (χ0n) is 10.8. The van der Waals surface area contributed by atoms with Crippen molar-refractivity contribution >= 4 is 11.8 Å². The van der Waals surface area contributed by atoms with Crippen LogP contribution >= 0.6 is 0 Å². The fourth-order valence-electron chi connectivity index (χ4n) is 1.42. The Balaban J connectivity index is 2.62. The van der Waals surface area contributed by atoms with E-state index in [0.29, 0.717) is 6.42 Å². The van der Waals surface area contributed by atoms with Crippen molar-refractivity contribution < 1.29 is 19.4 Å². The molecular formula is C15H16O4. The van der Waals surface area contributed by atoms with Crippen LogP contribution in [0.4, 0.5) is 0 Å². The molecule has 4 nitrogen and oxygen atoms in total. The van der Waals surface area contributed by atoms with Gasteiger partial charge in [0.15, 0.2) is 5.76 Å². The second-order valence-corrected chi connectivity index (χ2v) is 4.04. The number of benzene rings is 1. The summed E-state index contributed by atoms with van der Waals surface area (Å²) < 4.78 is 5.25. The molecule has 0 amide bonds. The van der Waals surface area contributed by atoms with E-state index in [1.807, 2.05) is 30.3 Å². The zero-order valence-corrected chi connectivity index (χ0v) is 10.8. The number of ether oxygens (including phenoxy) is 1. The minimum atomic E-state index is -1.22. The monoisotopic (exact) mass is 260 g/mol. The molecule has 0 bridgehead atoms. The Bertz CT molecular complexity index is 500. The number of carbonyl (C=O) groups is 2. The Hall–Kier alpha value is -2.36. The molecule has 0 heterocycles. The first-order valence-electron chi connectivity index (χ1n) is 5.82. The van der Waals surface area contributed by atoms with Crippen LogP contribution in [0.1, 0.15) is 12.5 Å². The third-order valence-corrected chi connectivity index (χ3v) is 2.36. The lowest BCUT2D eigenvalue weighted by Crippen LogP contribution is -2.11. The van der Waals surface area contributed by atoms with Crippen LogP contribution in [0.15, 0.2) is 54.3 Å². The van der Waals surface area contributed by atoms with E-state index in [9.17, 15) is 9.59 Å². The van der Waals surface area contributed by atoms with Crippen molar-refractivity contribution in [1.29, 1.82) is 0 Å². The Labute approximate surface area is 112 Å². The van der Waals surface area contributed by atoms with Crippen LogP contribution < -0.4 is 0 Å². The van der Waals surface area contributed by atoms with Gasteiger partial charge in [-0.05, 0) is 18.1 Å². The molecule has 0 radical (unpaired) electrons. The highest BCUT2D eigenvalue weighted by Crippen LogP contribution is 2.08. The number of ketones is 1. The van der Waals surface area contributed by atoms with E-state index in [0.717, 1.165) is 11.6 Å². The average Bonchev–Trinajstić information content (AvgIpc) is 2.37. The van der Waals surface area contributed by atoms with Gasteiger partial charge in [0.2, 0.25) is 5.78 Å². The molecule has 1 N–H and O–H groups in total. The summed E-state index contributed by atoms with van der Waals surface area (Å²) in [6.45, 7) is 5.24. The number of hydrogen-bond donors (Lipinski definition) is 1. The van der Waals surface area contributed by atoms with E-state index >= 15 is 0 Å². The Morgan fingerprint density at radius 2 is 1.95 bits per heavy atom. The van der Waals surface area contributed by atoms with Crippen molar-refractivity contribution in [3.8, 4) is 0 Å². The van der Waals surface area contributed by atoms with Crippen molar-refractivity contribution in [3.63, 3.8) is 0 Å². The van der Waals surface area contributed by atoms with Gasteiger partial charge in [-0.2, -0.15) is 0 Å². The highest BCUT2D eigenvalue weighted by molar-refractivity contribution is 6.08. The molecule has 0 saturated carbocycles. The highest BCUT2D eigenvalue weighted by atomic mass is 16.5. The summed E-state index contributed by atoms with van der Waals surface area (Å²) in [6, 6.07) is 9.59. The van der Waals surface area contributed by atoms with Gasteiger partial charge in [0, 0.05) is 6.42 Å². The van der Waals surface area contributed by atoms with Crippen LogP contribution in [0.2, 0.25) is 0 Å².